The molecule has 6 nitrogen and oxygen atoms in total. The van der Waals surface area contributed by atoms with E-state index in [4.69, 9.17) is 4.74 Å². The van der Waals surface area contributed by atoms with Crippen LogP contribution in [0.25, 0.3) is 10.8 Å². The van der Waals surface area contributed by atoms with Gasteiger partial charge in [0, 0.05) is 5.39 Å². The zero-order valence-corrected chi connectivity index (χ0v) is 21.2. The number of ether oxygens (including phenoxy) is 1. The third-order valence-corrected chi connectivity index (χ3v) is 7.58. The third kappa shape index (κ3) is 6.25. The molecule has 0 saturated carbocycles. The van der Waals surface area contributed by atoms with Gasteiger partial charge in [-0.15, -0.1) is 0 Å². The number of halogens is 3. The number of aryl methyl sites for hydroxylation is 1. The third-order valence-electron chi connectivity index (χ3n) is 5.79. The summed E-state index contributed by atoms with van der Waals surface area (Å²) in [5, 5.41) is 4.48. The predicted octanol–water partition coefficient (Wildman–Crippen LogP) is 5.56. The lowest BCUT2D eigenvalue weighted by Gasteiger charge is -2.25. The van der Waals surface area contributed by atoms with Crippen LogP contribution >= 0.6 is 0 Å². The summed E-state index contributed by atoms with van der Waals surface area (Å²) >= 11 is 0. The number of anilines is 1. The molecule has 1 amide bonds. The van der Waals surface area contributed by atoms with E-state index in [0.29, 0.717) is 16.1 Å². The number of carbonyl (C=O) groups excluding carboxylic acids is 1. The highest BCUT2D eigenvalue weighted by atomic mass is 32.2. The number of carbonyl (C=O) groups is 1. The average molecular weight is 543 g/mol. The molecule has 0 aliphatic heterocycles. The molecule has 0 unspecified atom stereocenters. The van der Waals surface area contributed by atoms with Gasteiger partial charge < -0.3 is 10.1 Å². The molecular formula is C28H25F3N2O4S. The van der Waals surface area contributed by atoms with Gasteiger partial charge in [0.1, 0.15) is 18.9 Å². The minimum Gasteiger partial charge on any atom is -0.491 e. The predicted molar refractivity (Wildman–Crippen MR) is 140 cm³/mol. The van der Waals surface area contributed by atoms with Gasteiger partial charge in [-0.1, -0.05) is 60.2 Å². The summed E-state index contributed by atoms with van der Waals surface area (Å²) in [7, 11) is -4.35. The van der Waals surface area contributed by atoms with Crippen LogP contribution in [0, 0.1) is 6.92 Å². The van der Waals surface area contributed by atoms with E-state index < -0.39 is 34.2 Å². The van der Waals surface area contributed by atoms with E-state index in [1.54, 1.807) is 25.1 Å². The second-order valence-corrected chi connectivity index (χ2v) is 10.4. The van der Waals surface area contributed by atoms with Crippen molar-refractivity contribution in [3.8, 4) is 5.75 Å². The number of nitrogens with one attached hydrogen (secondary N) is 1. The number of benzene rings is 4. The van der Waals surface area contributed by atoms with Crippen molar-refractivity contribution in [1.29, 1.82) is 0 Å². The molecular weight excluding hydrogens is 517 g/mol. The Kier molecular flexibility index (Phi) is 7.91. The SMILES string of the molecule is Cc1ccc(S(=O)(=O)N(CC(=O)NCCOc2cccc3ccccc23)c2cccc(C(F)(F)F)c2)cc1. The van der Waals surface area contributed by atoms with Gasteiger partial charge in [-0.25, -0.2) is 8.42 Å². The molecule has 4 aromatic carbocycles. The van der Waals surface area contributed by atoms with Crippen LogP contribution in [0.15, 0.2) is 95.9 Å². The normalized spacial score (nSPS) is 11.8. The van der Waals surface area contributed by atoms with E-state index >= 15 is 0 Å². The largest absolute Gasteiger partial charge is 0.491 e. The summed E-state index contributed by atoms with van der Waals surface area (Å²) in [4.78, 5) is 12.6. The van der Waals surface area contributed by atoms with Crippen LogP contribution in [0.4, 0.5) is 18.9 Å². The van der Waals surface area contributed by atoms with Gasteiger partial charge in [0.25, 0.3) is 10.0 Å². The Labute approximate surface area is 218 Å². The molecule has 1 N–H and O–H groups in total. The van der Waals surface area contributed by atoms with Crippen molar-refractivity contribution in [2.24, 2.45) is 0 Å². The maximum Gasteiger partial charge on any atom is 0.416 e. The van der Waals surface area contributed by atoms with Crippen LogP contribution in [-0.2, 0) is 21.0 Å². The number of hydrogen-bond acceptors (Lipinski definition) is 4. The lowest BCUT2D eigenvalue weighted by Crippen LogP contribution is -2.42. The Bertz CT molecular complexity index is 1530. The first kappa shape index (κ1) is 27.0. The summed E-state index contributed by atoms with van der Waals surface area (Å²) in [5.74, 6) is -0.0653. The summed E-state index contributed by atoms with van der Waals surface area (Å²) in [5.41, 5.74) is -0.496. The van der Waals surface area contributed by atoms with E-state index in [-0.39, 0.29) is 23.7 Å². The van der Waals surface area contributed by atoms with Gasteiger partial charge in [-0.2, -0.15) is 13.2 Å². The lowest BCUT2D eigenvalue weighted by atomic mass is 10.1. The first-order chi connectivity index (χ1) is 18.1. The molecule has 0 aromatic heterocycles. The molecule has 4 aromatic rings. The topological polar surface area (TPSA) is 75.7 Å². The summed E-state index contributed by atoms with van der Waals surface area (Å²) in [6, 6.07) is 22.9. The molecule has 198 valence electrons. The standard InChI is InChI=1S/C28H25F3N2O4S/c1-20-12-14-24(15-13-20)38(35,36)33(23-9-5-8-22(18-23)28(29,30)31)19-27(34)32-16-17-37-26-11-4-7-21-6-2-3-10-25(21)26/h2-15,18H,16-17,19H2,1H3,(H,32,34). The van der Waals surface area contributed by atoms with Crippen LogP contribution in [0.1, 0.15) is 11.1 Å². The van der Waals surface area contributed by atoms with Crippen LogP contribution in [0.2, 0.25) is 0 Å². The van der Waals surface area contributed by atoms with Crippen molar-refractivity contribution in [2.75, 3.05) is 24.0 Å². The minimum atomic E-state index is -4.68. The van der Waals surface area contributed by atoms with Gasteiger partial charge in [0.15, 0.2) is 0 Å². The Morgan fingerprint density at radius 2 is 1.61 bits per heavy atom. The zero-order chi connectivity index (χ0) is 27.3. The highest BCUT2D eigenvalue weighted by Crippen LogP contribution is 2.33. The molecule has 0 heterocycles. The van der Waals surface area contributed by atoms with Crippen LogP contribution < -0.4 is 14.4 Å². The maximum atomic E-state index is 13.4. The van der Waals surface area contributed by atoms with Gasteiger partial charge in [0.2, 0.25) is 5.91 Å². The number of amides is 1. The van der Waals surface area contributed by atoms with E-state index in [0.717, 1.165) is 28.5 Å². The summed E-state index contributed by atoms with van der Waals surface area (Å²) in [6.07, 6.45) is -4.68. The highest BCUT2D eigenvalue weighted by Gasteiger charge is 2.33. The Hall–Kier alpha value is -4.05. The van der Waals surface area contributed by atoms with Crippen molar-refractivity contribution >= 4 is 32.4 Å². The number of hydrogen-bond donors (Lipinski definition) is 1. The van der Waals surface area contributed by atoms with E-state index in [9.17, 15) is 26.4 Å². The molecule has 0 bridgehead atoms. The van der Waals surface area contributed by atoms with Gasteiger partial charge in [0.05, 0.1) is 22.7 Å². The quantitative estimate of drug-likeness (QED) is 0.281. The summed E-state index contributed by atoms with van der Waals surface area (Å²) < 4.78 is 73.3. The second-order valence-electron chi connectivity index (χ2n) is 8.55. The molecule has 0 atom stereocenters. The number of fused-ring (bicyclic) bond motifs is 1. The van der Waals surface area contributed by atoms with Crippen molar-refractivity contribution in [3.63, 3.8) is 0 Å². The molecule has 0 aliphatic carbocycles. The molecule has 0 aliphatic rings. The fourth-order valence-electron chi connectivity index (χ4n) is 3.85. The zero-order valence-electron chi connectivity index (χ0n) is 20.4. The van der Waals surface area contributed by atoms with E-state index in [1.807, 2.05) is 36.4 Å². The van der Waals surface area contributed by atoms with E-state index in [1.165, 1.54) is 18.2 Å². The van der Waals surface area contributed by atoms with Crippen molar-refractivity contribution in [2.45, 2.75) is 18.0 Å². The molecule has 0 fully saturated rings. The van der Waals surface area contributed by atoms with E-state index in [2.05, 4.69) is 5.32 Å². The van der Waals surface area contributed by atoms with Crippen molar-refractivity contribution < 1.29 is 31.1 Å². The van der Waals surface area contributed by atoms with Crippen LogP contribution in [0.3, 0.4) is 0 Å². The fourth-order valence-corrected chi connectivity index (χ4v) is 5.26. The first-order valence-corrected chi connectivity index (χ1v) is 13.1. The number of nitrogens with zero attached hydrogens (tertiary/aromatic N) is 1. The first-order valence-electron chi connectivity index (χ1n) is 11.7. The van der Waals surface area contributed by atoms with Gasteiger partial charge >= 0.3 is 6.18 Å². The summed E-state index contributed by atoms with van der Waals surface area (Å²) in [6.45, 7) is 1.22. The fraction of sp³-hybridized carbons (Fsp3) is 0.179. The molecule has 10 heteroatoms. The van der Waals surface area contributed by atoms with Crippen molar-refractivity contribution in [1.82, 2.24) is 5.32 Å². The van der Waals surface area contributed by atoms with Gasteiger partial charge in [-0.05, 0) is 48.7 Å². The number of rotatable bonds is 9. The monoisotopic (exact) mass is 542 g/mol. The number of alkyl halides is 3. The molecule has 0 radical (unpaired) electrons. The Balaban J connectivity index is 1.50. The minimum absolute atomic E-state index is 0.0586. The smallest absolute Gasteiger partial charge is 0.416 e. The molecule has 0 spiro atoms. The lowest BCUT2D eigenvalue weighted by molar-refractivity contribution is -0.137. The molecule has 38 heavy (non-hydrogen) atoms. The molecule has 4 rings (SSSR count). The molecule has 0 saturated heterocycles. The van der Waals surface area contributed by atoms with Crippen molar-refractivity contribution in [3.05, 3.63) is 102 Å². The highest BCUT2D eigenvalue weighted by molar-refractivity contribution is 7.92. The van der Waals surface area contributed by atoms with Gasteiger partial charge in [-0.3, -0.25) is 9.10 Å². The van der Waals surface area contributed by atoms with Crippen LogP contribution in [-0.4, -0.2) is 34.0 Å². The second kappa shape index (κ2) is 11.1. The van der Waals surface area contributed by atoms with Crippen LogP contribution in [0.5, 0.6) is 5.75 Å². The number of sulfonamides is 1. The maximum absolute atomic E-state index is 13.4. The average Bonchev–Trinajstić information content (AvgIpc) is 2.89. The Morgan fingerprint density at radius 3 is 2.34 bits per heavy atom. The Morgan fingerprint density at radius 1 is 0.921 bits per heavy atom.